The van der Waals surface area contributed by atoms with E-state index in [-0.39, 0.29) is 5.91 Å². The predicted octanol–water partition coefficient (Wildman–Crippen LogP) is 3.80. The molecule has 0 aliphatic carbocycles. The summed E-state index contributed by atoms with van der Waals surface area (Å²) in [6.07, 6.45) is 2.81. The highest BCUT2D eigenvalue weighted by atomic mass is 16.5. The molecule has 1 amide bonds. The molecule has 0 unspecified atom stereocenters. The van der Waals surface area contributed by atoms with E-state index in [0.29, 0.717) is 13.2 Å². The summed E-state index contributed by atoms with van der Waals surface area (Å²) in [7, 11) is 3.53. The second kappa shape index (κ2) is 7.99. The van der Waals surface area contributed by atoms with Gasteiger partial charge in [0.15, 0.2) is 0 Å². The van der Waals surface area contributed by atoms with E-state index in [1.807, 2.05) is 49.6 Å². The van der Waals surface area contributed by atoms with Gasteiger partial charge in [0.05, 0.1) is 5.56 Å². The van der Waals surface area contributed by atoms with Crippen LogP contribution in [0.1, 0.15) is 22.3 Å². The molecule has 0 radical (unpaired) electrons. The molecule has 0 spiro atoms. The third-order valence-electron chi connectivity index (χ3n) is 4.40. The molecule has 0 aliphatic rings. The molecule has 3 aromatic rings. The number of hydrogen-bond donors (Lipinski definition) is 0. The lowest BCUT2D eigenvalue weighted by Crippen LogP contribution is -2.28. The largest absolute Gasteiger partial charge is 0.385 e. The third-order valence-corrected chi connectivity index (χ3v) is 4.40. The Morgan fingerprint density at radius 1 is 1.08 bits per heavy atom. The first-order valence-electron chi connectivity index (χ1n) is 8.57. The quantitative estimate of drug-likeness (QED) is 0.615. The zero-order chi connectivity index (χ0) is 17.6. The van der Waals surface area contributed by atoms with E-state index in [4.69, 9.17) is 4.74 Å². The van der Waals surface area contributed by atoms with Crippen LogP contribution in [0.4, 0.5) is 0 Å². The molecule has 0 saturated heterocycles. The number of carbonyl (C=O) groups excluding carboxylic acids is 1. The Kier molecular flexibility index (Phi) is 5.51. The highest BCUT2D eigenvalue weighted by Crippen LogP contribution is 2.23. The van der Waals surface area contributed by atoms with E-state index in [9.17, 15) is 4.79 Å². The smallest absolute Gasteiger partial charge is 0.255 e. The van der Waals surface area contributed by atoms with Crippen LogP contribution in [-0.4, -0.2) is 42.7 Å². The molecule has 1 aromatic heterocycles. The van der Waals surface area contributed by atoms with Crippen molar-refractivity contribution < 1.29 is 9.53 Å². The van der Waals surface area contributed by atoms with Gasteiger partial charge in [-0.3, -0.25) is 4.79 Å². The van der Waals surface area contributed by atoms with Gasteiger partial charge >= 0.3 is 0 Å². The van der Waals surface area contributed by atoms with Gasteiger partial charge in [-0.05, 0) is 18.1 Å². The maximum absolute atomic E-state index is 12.9. The minimum absolute atomic E-state index is 0.0547. The lowest BCUT2D eigenvalue weighted by Gasteiger charge is -2.16. The third kappa shape index (κ3) is 3.91. The molecular formula is C21H24N2O2. The topological polar surface area (TPSA) is 34.5 Å². The fourth-order valence-corrected chi connectivity index (χ4v) is 3.08. The van der Waals surface area contributed by atoms with Gasteiger partial charge in [-0.1, -0.05) is 48.5 Å². The van der Waals surface area contributed by atoms with E-state index in [0.717, 1.165) is 29.4 Å². The molecule has 130 valence electrons. The number of fused-ring (bicyclic) bond motifs is 1. The van der Waals surface area contributed by atoms with Crippen molar-refractivity contribution in [2.24, 2.45) is 0 Å². The van der Waals surface area contributed by atoms with E-state index in [2.05, 4.69) is 22.8 Å². The van der Waals surface area contributed by atoms with Crippen molar-refractivity contribution >= 4 is 16.8 Å². The van der Waals surface area contributed by atoms with Crippen LogP contribution < -0.4 is 0 Å². The first kappa shape index (κ1) is 17.2. The highest BCUT2D eigenvalue weighted by Gasteiger charge is 2.18. The normalized spacial score (nSPS) is 11.0. The molecule has 2 aromatic carbocycles. The van der Waals surface area contributed by atoms with Crippen LogP contribution in [0.25, 0.3) is 10.9 Å². The summed E-state index contributed by atoms with van der Waals surface area (Å²) in [5.74, 6) is 0.0547. The Hall–Kier alpha value is -2.59. The SMILES string of the molecule is COCCCN(C)C(=O)c1cn(Cc2ccccc2)c2ccccc12. The number of aromatic nitrogens is 1. The van der Waals surface area contributed by atoms with Crippen LogP contribution in [0.15, 0.2) is 60.8 Å². The van der Waals surface area contributed by atoms with Gasteiger partial charge < -0.3 is 14.2 Å². The molecule has 0 atom stereocenters. The molecule has 4 heteroatoms. The molecule has 4 nitrogen and oxygen atoms in total. The van der Waals surface area contributed by atoms with Crippen molar-refractivity contribution in [2.45, 2.75) is 13.0 Å². The van der Waals surface area contributed by atoms with Gasteiger partial charge in [-0.2, -0.15) is 0 Å². The summed E-state index contributed by atoms with van der Waals surface area (Å²) in [6, 6.07) is 18.4. The predicted molar refractivity (Wildman–Crippen MR) is 101 cm³/mol. The minimum Gasteiger partial charge on any atom is -0.385 e. The fraction of sp³-hybridized carbons (Fsp3) is 0.286. The van der Waals surface area contributed by atoms with Gasteiger partial charge in [-0.25, -0.2) is 0 Å². The molecule has 25 heavy (non-hydrogen) atoms. The number of amides is 1. The van der Waals surface area contributed by atoms with Gasteiger partial charge in [0.2, 0.25) is 0 Å². The number of rotatable bonds is 7. The average Bonchev–Trinajstić information content (AvgIpc) is 3.01. The number of methoxy groups -OCH3 is 1. The Balaban J connectivity index is 1.89. The number of ether oxygens (including phenoxy) is 1. The molecular weight excluding hydrogens is 312 g/mol. The molecule has 1 heterocycles. The first-order valence-corrected chi connectivity index (χ1v) is 8.57. The first-order chi connectivity index (χ1) is 12.2. The van der Waals surface area contributed by atoms with E-state index in [1.54, 1.807) is 12.0 Å². The van der Waals surface area contributed by atoms with Gasteiger partial charge in [0.1, 0.15) is 0 Å². The monoisotopic (exact) mass is 336 g/mol. The van der Waals surface area contributed by atoms with Crippen molar-refractivity contribution in [2.75, 3.05) is 27.3 Å². The van der Waals surface area contributed by atoms with Crippen molar-refractivity contribution in [1.29, 1.82) is 0 Å². The Labute approximate surface area is 148 Å². The maximum atomic E-state index is 12.9. The summed E-state index contributed by atoms with van der Waals surface area (Å²) in [6.45, 7) is 2.10. The summed E-state index contributed by atoms with van der Waals surface area (Å²) in [5, 5.41) is 1.00. The summed E-state index contributed by atoms with van der Waals surface area (Å²) >= 11 is 0. The lowest BCUT2D eigenvalue weighted by molar-refractivity contribution is 0.0781. The van der Waals surface area contributed by atoms with Gasteiger partial charge in [0.25, 0.3) is 5.91 Å². The zero-order valence-corrected chi connectivity index (χ0v) is 14.8. The number of carbonyl (C=O) groups is 1. The Morgan fingerprint density at radius 3 is 2.56 bits per heavy atom. The van der Waals surface area contributed by atoms with Crippen molar-refractivity contribution in [3.8, 4) is 0 Å². The minimum atomic E-state index is 0.0547. The molecule has 0 fully saturated rings. The number of para-hydroxylation sites is 1. The van der Waals surface area contributed by atoms with Crippen LogP contribution in [0, 0.1) is 0 Å². The van der Waals surface area contributed by atoms with E-state index in [1.165, 1.54) is 5.56 Å². The number of hydrogen-bond acceptors (Lipinski definition) is 2. The van der Waals surface area contributed by atoms with E-state index >= 15 is 0 Å². The zero-order valence-electron chi connectivity index (χ0n) is 14.8. The second-order valence-electron chi connectivity index (χ2n) is 6.25. The van der Waals surface area contributed by atoms with Crippen molar-refractivity contribution in [1.82, 2.24) is 9.47 Å². The lowest BCUT2D eigenvalue weighted by atomic mass is 10.1. The summed E-state index contributed by atoms with van der Waals surface area (Å²) in [4.78, 5) is 14.7. The Bertz CT molecular complexity index is 839. The summed E-state index contributed by atoms with van der Waals surface area (Å²) < 4.78 is 7.23. The van der Waals surface area contributed by atoms with E-state index < -0.39 is 0 Å². The average molecular weight is 336 g/mol. The van der Waals surface area contributed by atoms with Crippen LogP contribution >= 0.6 is 0 Å². The molecule has 3 rings (SSSR count). The van der Waals surface area contributed by atoms with Crippen LogP contribution in [0.5, 0.6) is 0 Å². The molecule has 0 aliphatic heterocycles. The molecule has 0 bridgehead atoms. The van der Waals surface area contributed by atoms with Gasteiger partial charge in [-0.15, -0.1) is 0 Å². The number of benzene rings is 2. The van der Waals surface area contributed by atoms with Crippen molar-refractivity contribution in [3.05, 3.63) is 71.9 Å². The molecule has 0 N–H and O–H groups in total. The number of nitrogens with zero attached hydrogens (tertiary/aromatic N) is 2. The van der Waals surface area contributed by atoms with Crippen LogP contribution in [0.3, 0.4) is 0 Å². The highest BCUT2D eigenvalue weighted by molar-refractivity contribution is 6.06. The standard InChI is InChI=1S/C21H24N2O2/c1-22(13-8-14-25-2)21(24)19-16-23(15-17-9-4-3-5-10-17)20-12-7-6-11-18(19)20/h3-7,9-12,16H,8,13-15H2,1-2H3. The van der Waals surface area contributed by atoms with Gasteiger partial charge in [0, 0.05) is 51.0 Å². The summed E-state index contributed by atoms with van der Waals surface area (Å²) in [5.41, 5.74) is 3.06. The molecule has 0 saturated carbocycles. The maximum Gasteiger partial charge on any atom is 0.255 e. The fourth-order valence-electron chi connectivity index (χ4n) is 3.08. The van der Waals surface area contributed by atoms with Crippen LogP contribution in [-0.2, 0) is 11.3 Å². The van der Waals surface area contributed by atoms with Crippen molar-refractivity contribution in [3.63, 3.8) is 0 Å². The Morgan fingerprint density at radius 2 is 1.80 bits per heavy atom. The second-order valence-corrected chi connectivity index (χ2v) is 6.25. The van der Waals surface area contributed by atoms with Crippen LogP contribution in [0.2, 0.25) is 0 Å².